The summed E-state index contributed by atoms with van der Waals surface area (Å²) in [6.07, 6.45) is 2.81. The molecule has 7 heteroatoms. The normalized spacial score (nSPS) is 10.2. The molecule has 110 valence electrons. The predicted molar refractivity (Wildman–Crippen MR) is 82.8 cm³/mol. The molecule has 0 aliphatic heterocycles. The van der Waals surface area contributed by atoms with Gasteiger partial charge in [0.25, 0.3) is 5.91 Å². The highest BCUT2D eigenvalue weighted by Gasteiger charge is 2.11. The monoisotopic (exact) mass is 314 g/mol. The van der Waals surface area contributed by atoms with Crippen LogP contribution in [0.5, 0.6) is 0 Å². The molecule has 0 atom stereocenters. The van der Waals surface area contributed by atoms with Gasteiger partial charge in [-0.15, -0.1) is 11.3 Å². The van der Waals surface area contributed by atoms with Gasteiger partial charge in [0.15, 0.2) is 0 Å². The van der Waals surface area contributed by atoms with Gasteiger partial charge in [-0.2, -0.15) is 4.39 Å². The Morgan fingerprint density at radius 3 is 2.59 bits per heavy atom. The number of carbonyl (C=O) groups excluding carboxylic acids is 1. The Morgan fingerprint density at radius 2 is 1.86 bits per heavy atom. The molecule has 5 nitrogen and oxygen atoms in total. The van der Waals surface area contributed by atoms with E-state index in [1.165, 1.54) is 35.9 Å². The molecule has 0 radical (unpaired) electrons. The van der Waals surface area contributed by atoms with Gasteiger partial charge in [-0.25, -0.2) is 9.97 Å². The van der Waals surface area contributed by atoms with E-state index >= 15 is 0 Å². The Kier molecular flexibility index (Phi) is 4.06. The zero-order valence-corrected chi connectivity index (χ0v) is 12.1. The van der Waals surface area contributed by atoms with E-state index in [0.717, 1.165) is 10.6 Å². The van der Waals surface area contributed by atoms with Crippen molar-refractivity contribution in [2.24, 2.45) is 0 Å². The number of amides is 1. The highest BCUT2D eigenvalue weighted by atomic mass is 32.1. The average molecular weight is 314 g/mol. The van der Waals surface area contributed by atoms with Gasteiger partial charge < -0.3 is 0 Å². The zero-order valence-electron chi connectivity index (χ0n) is 11.3. The minimum absolute atomic E-state index is 0.316. The summed E-state index contributed by atoms with van der Waals surface area (Å²) in [5.41, 5.74) is 6.64. The number of nitrogens with one attached hydrogen (secondary N) is 2. The first-order valence-electron chi connectivity index (χ1n) is 6.41. The molecule has 3 rings (SSSR count). The van der Waals surface area contributed by atoms with Gasteiger partial charge in [-0.1, -0.05) is 30.3 Å². The van der Waals surface area contributed by atoms with Crippen molar-refractivity contribution < 1.29 is 9.18 Å². The van der Waals surface area contributed by atoms with E-state index < -0.39 is 5.95 Å². The molecule has 0 saturated heterocycles. The maximum Gasteiger partial charge on any atom is 0.281 e. The van der Waals surface area contributed by atoms with Gasteiger partial charge in [-0.05, 0) is 12.1 Å². The molecular weight excluding hydrogens is 303 g/mol. The van der Waals surface area contributed by atoms with Crippen LogP contribution in [0.15, 0.2) is 54.9 Å². The van der Waals surface area contributed by atoms with Gasteiger partial charge in [0, 0.05) is 5.56 Å². The van der Waals surface area contributed by atoms with Crippen molar-refractivity contribution in [1.29, 1.82) is 0 Å². The molecule has 3 aromatic rings. The van der Waals surface area contributed by atoms with Crippen LogP contribution in [-0.4, -0.2) is 15.9 Å². The molecular formula is C15H11FN4OS. The summed E-state index contributed by atoms with van der Waals surface area (Å²) < 4.78 is 12.7. The van der Waals surface area contributed by atoms with Crippen molar-refractivity contribution in [2.75, 3.05) is 5.43 Å². The molecule has 0 bridgehead atoms. The lowest BCUT2D eigenvalue weighted by atomic mass is 10.2. The van der Waals surface area contributed by atoms with E-state index in [0.29, 0.717) is 10.6 Å². The van der Waals surface area contributed by atoms with Crippen molar-refractivity contribution in [3.8, 4) is 10.6 Å². The lowest BCUT2D eigenvalue weighted by Crippen LogP contribution is -2.28. The minimum atomic E-state index is -0.577. The molecule has 0 spiro atoms. The Balaban J connectivity index is 1.66. The van der Waals surface area contributed by atoms with Crippen LogP contribution in [0.2, 0.25) is 0 Å². The molecule has 2 heterocycles. The maximum atomic E-state index is 12.7. The van der Waals surface area contributed by atoms with Gasteiger partial charge in [0.2, 0.25) is 5.95 Å². The van der Waals surface area contributed by atoms with Crippen molar-refractivity contribution in [1.82, 2.24) is 15.4 Å². The van der Waals surface area contributed by atoms with Gasteiger partial charge in [-0.3, -0.25) is 15.6 Å². The van der Waals surface area contributed by atoms with Crippen LogP contribution in [0, 0.1) is 5.95 Å². The quantitative estimate of drug-likeness (QED) is 0.573. The Labute approximate surface area is 129 Å². The Hall–Kier alpha value is -2.80. The van der Waals surface area contributed by atoms with Crippen LogP contribution in [0.3, 0.4) is 0 Å². The first kappa shape index (κ1) is 14.2. The van der Waals surface area contributed by atoms with E-state index in [4.69, 9.17) is 0 Å². The van der Waals surface area contributed by atoms with Crippen LogP contribution in [-0.2, 0) is 0 Å². The molecule has 0 unspecified atom stereocenters. The van der Waals surface area contributed by atoms with Gasteiger partial charge in [0.1, 0.15) is 9.88 Å². The fourth-order valence-corrected chi connectivity index (χ4v) is 2.55. The molecule has 1 amide bonds. The molecule has 22 heavy (non-hydrogen) atoms. The number of rotatable bonds is 4. The predicted octanol–water partition coefficient (Wildman–Crippen LogP) is 3.10. The highest BCUT2D eigenvalue weighted by Crippen LogP contribution is 2.24. The summed E-state index contributed by atoms with van der Waals surface area (Å²) in [6.45, 7) is 0. The first-order chi connectivity index (χ1) is 10.7. The van der Waals surface area contributed by atoms with Gasteiger partial charge >= 0.3 is 0 Å². The highest BCUT2D eigenvalue weighted by molar-refractivity contribution is 7.16. The Morgan fingerprint density at radius 1 is 1.05 bits per heavy atom. The third-order valence-electron chi connectivity index (χ3n) is 2.80. The smallest absolute Gasteiger partial charge is 0.281 e. The molecule has 0 saturated carbocycles. The van der Waals surface area contributed by atoms with E-state index in [-0.39, 0.29) is 5.91 Å². The number of carbonyl (C=O) groups is 1. The number of hydrogen-bond acceptors (Lipinski definition) is 5. The molecule has 0 aliphatic carbocycles. The second-order valence-electron chi connectivity index (χ2n) is 4.34. The molecule has 2 aromatic heterocycles. The van der Waals surface area contributed by atoms with Crippen LogP contribution >= 0.6 is 11.3 Å². The fourth-order valence-electron chi connectivity index (χ4n) is 1.73. The largest absolute Gasteiger partial charge is 0.297 e. The number of halogens is 1. The second kappa shape index (κ2) is 6.31. The summed E-state index contributed by atoms with van der Waals surface area (Å²) in [7, 11) is 0. The SMILES string of the molecule is O=C(NNc1ccc(F)nc1)c1cnc(-c2ccccc2)s1. The Bertz CT molecular complexity index is 774. The lowest BCUT2D eigenvalue weighted by molar-refractivity contribution is 0.0966. The van der Waals surface area contributed by atoms with Crippen molar-refractivity contribution in [3.63, 3.8) is 0 Å². The third kappa shape index (κ3) is 3.26. The summed E-state index contributed by atoms with van der Waals surface area (Å²) in [4.78, 5) is 20.2. The number of aromatic nitrogens is 2. The topological polar surface area (TPSA) is 66.9 Å². The number of hydrogen-bond donors (Lipinski definition) is 2. The van der Waals surface area contributed by atoms with E-state index in [1.54, 1.807) is 0 Å². The number of anilines is 1. The molecule has 1 aromatic carbocycles. The number of thiazole rings is 1. The third-order valence-corrected chi connectivity index (χ3v) is 3.84. The van der Waals surface area contributed by atoms with E-state index in [1.807, 2.05) is 30.3 Å². The zero-order chi connectivity index (χ0) is 15.4. The molecule has 2 N–H and O–H groups in total. The fraction of sp³-hybridized carbons (Fsp3) is 0. The molecule has 0 aliphatic rings. The molecule has 0 fully saturated rings. The number of hydrazine groups is 1. The maximum absolute atomic E-state index is 12.7. The minimum Gasteiger partial charge on any atom is -0.297 e. The summed E-state index contributed by atoms with van der Waals surface area (Å²) in [5.74, 6) is -0.893. The summed E-state index contributed by atoms with van der Waals surface area (Å²) >= 11 is 1.29. The first-order valence-corrected chi connectivity index (χ1v) is 7.23. The number of nitrogens with zero attached hydrogens (tertiary/aromatic N) is 2. The number of pyridine rings is 1. The van der Waals surface area contributed by atoms with Gasteiger partial charge in [0.05, 0.1) is 18.1 Å². The summed E-state index contributed by atoms with van der Waals surface area (Å²) in [6, 6.07) is 12.3. The van der Waals surface area contributed by atoms with E-state index in [2.05, 4.69) is 20.8 Å². The second-order valence-corrected chi connectivity index (χ2v) is 5.38. The van der Waals surface area contributed by atoms with Crippen molar-refractivity contribution in [2.45, 2.75) is 0 Å². The van der Waals surface area contributed by atoms with Crippen LogP contribution in [0.1, 0.15) is 9.67 Å². The lowest BCUT2D eigenvalue weighted by Gasteiger charge is -2.06. The average Bonchev–Trinajstić information content (AvgIpc) is 3.05. The van der Waals surface area contributed by atoms with Crippen LogP contribution in [0.4, 0.5) is 10.1 Å². The van der Waals surface area contributed by atoms with Crippen molar-refractivity contribution in [3.05, 3.63) is 65.7 Å². The van der Waals surface area contributed by atoms with Crippen LogP contribution < -0.4 is 10.9 Å². The van der Waals surface area contributed by atoms with E-state index in [9.17, 15) is 9.18 Å². The van der Waals surface area contributed by atoms with Crippen LogP contribution in [0.25, 0.3) is 10.6 Å². The summed E-state index contributed by atoms with van der Waals surface area (Å²) in [5, 5.41) is 0.772. The number of benzene rings is 1. The standard InChI is InChI=1S/C15H11FN4OS/c16-13-7-6-11(8-17-13)19-20-14(21)12-9-18-15(22-12)10-4-2-1-3-5-10/h1-9,19H,(H,20,21). The van der Waals surface area contributed by atoms with Crippen molar-refractivity contribution >= 4 is 22.9 Å².